The van der Waals surface area contributed by atoms with Crippen molar-refractivity contribution in [3.8, 4) is 0 Å². The van der Waals surface area contributed by atoms with Gasteiger partial charge in [-0.1, -0.05) is 0 Å². The molecular weight excluding hydrogens is 730 g/mol. The van der Waals surface area contributed by atoms with Crippen LogP contribution in [0.3, 0.4) is 0 Å². The van der Waals surface area contributed by atoms with E-state index in [0.717, 1.165) is 0 Å². The lowest BCUT2D eigenvalue weighted by molar-refractivity contribution is -0.518. The van der Waals surface area contributed by atoms with Gasteiger partial charge in [-0.15, -0.1) is 8.78 Å². The van der Waals surface area contributed by atoms with Gasteiger partial charge in [0.15, 0.2) is 0 Å². The van der Waals surface area contributed by atoms with Gasteiger partial charge in [0.05, 0.1) is 84.4 Å². The van der Waals surface area contributed by atoms with Crippen molar-refractivity contribution in [1.29, 1.82) is 0 Å². The predicted octanol–water partition coefficient (Wildman–Crippen LogP) is 0.0178. The Bertz CT molecular complexity index is 871. The molecule has 0 spiro atoms. The predicted molar refractivity (Wildman–Crippen MR) is 163 cm³/mol. The Morgan fingerprint density at radius 1 is 0.462 bits per heavy atom. The van der Waals surface area contributed by atoms with Crippen molar-refractivity contribution >= 4 is 0 Å². The van der Waals surface area contributed by atoms with Gasteiger partial charge in [-0.2, -0.15) is 17.6 Å². The van der Waals surface area contributed by atoms with Gasteiger partial charge in [0, 0.05) is 26.4 Å². The zero-order chi connectivity index (χ0) is 38.9. The van der Waals surface area contributed by atoms with Crippen LogP contribution in [0, 0.1) is 0 Å². The molecule has 6 atom stereocenters. The average Bonchev–Trinajstić information content (AvgIpc) is 3.05. The van der Waals surface area contributed by atoms with Crippen molar-refractivity contribution in [3.63, 3.8) is 0 Å². The molecule has 1 fully saturated rings. The summed E-state index contributed by atoms with van der Waals surface area (Å²) in [4.78, 5) is 0. The first-order valence-corrected chi connectivity index (χ1v) is 16.7. The third kappa shape index (κ3) is 25.9. The van der Waals surface area contributed by atoms with E-state index < -0.39 is 69.9 Å². The van der Waals surface area contributed by atoms with Crippen molar-refractivity contribution in [2.45, 2.75) is 87.2 Å². The zero-order valence-electron chi connectivity index (χ0n) is 28.8. The third-order valence-corrected chi connectivity index (χ3v) is 6.65. The highest BCUT2D eigenvalue weighted by molar-refractivity contribution is 4.81. The van der Waals surface area contributed by atoms with E-state index in [0.29, 0.717) is 38.7 Å². The Labute approximate surface area is 297 Å². The molecule has 0 aliphatic heterocycles. The topological polar surface area (TPSA) is 214 Å². The van der Waals surface area contributed by atoms with Gasteiger partial charge in [-0.05, 0) is 32.1 Å². The number of aliphatic hydroxyl groups is 6. The molecule has 312 valence electrons. The molecule has 1 aliphatic carbocycles. The fraction of sp³-hybridized carbons (Fsp3) is 1.00. The largest absolute Gasteiger partial charge is 0.495 e. The molecule has 52 heavy (non-hydrogen) atoms. The summed E-state index contributed by atoms with van der Waals surface area (Å²) in [5, 5.41) is 56.0. The van der Waals surface area contributed by atoms with Crippen molar-refractivity contribution in [1.82, 2.24) is 0 Å². The van der Waals surface area contributed by atoms with Crippen molar-refractivity contribution < 1.29 is 104 Å². The van der Waals surface area contributed by atoms with Crippen LogP contribution in [0.2, 0.25) is 0 Å². The average molecular weight is 785 g/mol. The molecular formula is C30H54F6O16. The van der Waals surface area contributed by atoms with Crippen molar-refractivity contribution in [3.05, 3.63) is 0 Å². The third-order valence-electron chi connectivity index (χ3n) is 6.65. The monoisotopic (exact) mass is 784 g/mol. The van der Waals surface area contributed by atoms with Crippen LogP contribution in [0.4, 0.5) is 26.3 Å². The molecule has 0 heterocycles. The number of hydrogen-bond donors (Lipinski definition) is 6. The van der Waals surface area contributed by atoms with Crippen LogP contribution in [0.5, 0.6) is 0 Å². The molecule has 1 saturated carbocycles. The maximum absolute atomic E-state index is 13.9. The summed E-state index contributed by atoms with van der Waals surface area (Å²) in [5.41, 5.74) is 0. The Kier molecular flexibility index (Phi) is 25.9. The molecule has 0 aromatic carbocycles. The summed E-state index contributed by atoms with van der Waals surface area (Å²) in [6.45, 7) is -6.50. The van der Waals surface area contributed by atoms with E-state index in [-0.39, 0.29) is 84.4 Å². The van der Waals surface area contributed by atoms with Crippen LogP contribution in [0.15, 0.2) is 0 Å². The first-order chi connectivity index (χ1) is 24.6. The minimum absolute atomic E-state index is 0.0265. The lowest BCUT2D eigenvalue weighted by atomic mass is 9.92. The molecule has 0 radical (unpaired) electrons. The maximum atomic E-state index is 13.9. The highest BCUT2D eigenvalue weighted by Gasteiger charge is 2.52. The highest BCUT2D eigenvalue weighted by atomic mass is 19.3. The number of rotatable bonds is 34. The van der Waals surface area contributed by atoms with Crippen LogP contribution in [-0.4, -0.2) is 191 Å². The fourth-order valence-electron chi connectivity index (χ4n) is 4.50. The molecule has 0 aromatic heterocycles. The van der Waals surface area contributed by atoms with Crippen LogP contribution in [0.25, 0.3) is 0 Å². The van der Waals surface area contributed by atoms with Crippen LogP contribution in [-0.2, 0) is 47.4 Å². The Balaban J connectivity index is 2.26. The summed E-state index contributed by atoms with van der Waals surface area (Å²) < 4.78 is 130. The van der Waals surface area contributed by atoms with E-state index in [1.54, 1.807) is 0 Å². The molecule has 0 bridgehead atoms. The number of halogens is 6. The standard InChI is InChI=1S/C30H54F6O16/c31-28(32,51-30(35,36)52-29(33,34)21-47-18-23(41)17-46-16-22(40)14-43-6-1-3-37)20-45-10-9-44-15-24(42)19-50-27-12-25(48-7-2-4-38)11-26(13-27)49-8-5-39/h22-27,37-42H,1-21H2. The van der Waals surface area contributed by atoms with E-state index in [1.807, 2.05) is 0 Å². The van der Waals surface area contributed by atoms with E-state index in [4.69, 9.17) is 43.7 Å². The lowest BCUT2D eigenvalue weighted by Crippen LogP contribution is -2.44. The van der Waals surface area contributed by atoms with Gasteiger partial charge >= 0.3 is 18.5 Å². The van der Waals surface area contributed by atoms with Gasteiger partial charge in [0.2, 0.25) is 0 Å². The van der Waals surface area contributed by atoms with Gasteiger partial charge in [0.1, 0.15) is 31.5 Å². The first kappa shape index (κ1) is 49.0. The number of alkyl halides is 6. The lowest BCUT2D eigenvalue weighted by Gasteiger charge is -2.35. The smallest absolute Gasteiger partial charge is 0.396 e. The molecule has 0 amide bonds. The number of ether oxygens (including phenoxy) is 10. The van der Waals surface area contributed by atoms with E-state index in [2.05, 4.69) is 18.9 Å². The van der Waals surface area contributed by atoms with Crippen LogP contribution < -0.4 is 0 Å². The van der Waals surface area contributed by atoms with Gasteiger partial charge in [-0.3, -0.25) is 0 Å². The molecule has 16 nitrogen and oxygen atoms in total. The molecule has 0 saturated heterocycles. The van der Waals surface area contributed by atoms with Crippen molar-refractivity contribution in [2.24, 2.45) is 0 Å². The van der Waals surface area contributed by atoms with Crippen molar-refractivity contribution in [2.75, 3.05) is 106 Å². The Hall–Kier alpha value is -1.06. The molecule has 6 unspecified atom stereocenters. The fourth-order valence-corrected chi connectivity index (χ4v) is 4.50. The highest BCUT2D eigenvalue weighted by Crippen LogP contribution is 2.33. The van der Waals surface area contributed by atoms with E-state index in [9.17, 15) is 41.7 Å². The molecule has 1 rings (SSSR count). The molecule has 0 aromatic rings. The maximum Gasteiger partial charge on any atom is 0.495 e. The first-order valence-electron chi connectivity index (χ1n) is 16.7. The second-order valence-electron chi connectivity index (χ2n) is 11.7. The number of hydrogen-bond acceptors (Lipinski definition) is 16. The summed E-state index contributed by atoms with van der Waals surface area (Å²) in [7, 11) is 0. The van der Waals surface area contributed by atoms with E-state index in [1.165, 1.54) is 0 Å². The number of aliphatic hydroxyl groups excluding tert-OH is 6. The summed E-state index contributed by atoms with van der Waals surface area (Å²) in [6, 6.07) is 0. The zero-order valence-corrected chi connectivity index (χ0v) is 28.8. The molecule has 6 N–H and O–H groups in total. The molecule has 22 heteroatoms. The summed E-state index contributed by atoms with van der Waals surface area (Å²) >= 11 is 0. The van der Waals surface area contributed by atoms with Gasteiger partial charge < -0.3 is 68.5 Å². The molecule has 1 aliphatic rings. The summed E-state index contributed by atoms with van der Waals surface area (Å²) in [6.07, 6.45) is -17.3. The van der Waals surface area contributed by atoms with Gasteiger partial charge in [-0.25, -0.2) is 9.47 Å². The minimum Gasteiger partial charge on any atom is -0.396 e. The summed E-state index contributed by atoms with van der Waals surface area (Å²) in [5.74, 6) is 0. The van der Waals surface area contributed by atoms with Crippen LogP contribution in [0.1, 0.15) is 32.1 Å². The normalized spacial score (nSPS) is 20.7. The Morgan fingerprint density at radius 2 is 0.885 bits per heavy atom. The second-order valence-corrected chi connectivity index (χ2v) is 11.7. The van der Waals surface area contributed by atoms with E-state index >= 15 is 0 Å². The Morgan fingerprint density at radius 3 is 1.44 bits per heavy atom. The van der Waals surface area contributed by atoms with Gasteiger partial charge in [0.25, 0.3) is 0 Å². The quantitative estimate of drug-likeness (QED) is 0.0288. The minimum atomic E-state index is -5.49. The van der Waals surface area contributed by atoms with Crippen LogP contribution >= 0.6 is 0 Å². The second kappa shape index (κ2) is 27.5. The SMILES string of the molecule is OCCCOCC(O)COCC(O)COCC(F)(F)OC(F)(F)OC(F)(F)COCCOCC(O)COC1CC(OCCO)CC(OCCCO)C1.